The van der Waals surface area contributed by atoms with E-state index in [4.69, 9.17) is 4.74 Å². The number of nitrogens with one attached hydrogen (secondary N) is 1. The number of ether oxygens (including phenoxy) is 1. The van der Waals surface area contributed by atoms with Crippen LogP contribution in [0.1, 0.15) is 35.7 Å². The van der Waals surface area contributed by atoms with Crippen LogP contribution in [0.2, 0.25) is 0 Å². The number of hydrogen-bond acceptors (Lipinski definition) is 5. The fourth-order valence-electron chi connectivity index (χ4n) is 2.69. The summed E-state index contributed by atoms with van der Waals surface area (Å²) in [6.45, 7) is 0.811. The van der Waals surface area contributed by atoms with Crippen molar-refractivity contribution in [1.82, 2.24) is 19.8 Å². The predicted octanol–water partition coefficient (Wildman–Crippen LogP) is 2.90. The summed E-state index contributed by atoms with van der Waals surface area (Å²) < 4.78 is 20.5. The highest BCUT2D eigenvalue weighted by Crippen LogP contribution is 2.38. The number of methoxy groups -OCH3 is 1. The predicted molar refractivity (Wildman–Crippen MR) is 87.2 cm³/mol. The number of fused-ring (bicyclic) bond motifs is 1. The molecular weight excluding hydrogens is 309 g/mol. The van der Waals surface area contributed by atoms with E-state index in [0.29, 0.717) is 18.0 Å². The lowest BCUT2D eigenvalue weighted by Crippen LogP contribution is -2.06. The van der Waals surface area contributed by atoms with Gasteiger partial charge in [-0.2, -0.15) is 4.52 Å². The summed E-state index contributed by atoms with van der Waals surface area (Å²) in [6, 6.07) is 8.80. The first-order valence-electron chi connectivity index (χ1n) is 7.97. The molecule has 24 heavy (non-hydrogen) atoms. The van der Waals surface area contributed by atoms with Crippen LogP contribution in [0, 0.1) is 5.82 Å². The largest absolute Gasteiger partial charge is 0.380 e. The SMILES string of the molecule is COCc1cc(CNc2ccc3nnc(C4CC4)n3n2)ccc1F. The molecule has 0 radical (unpaired) electrons. The third-order valence-electron chi connectivity index (χ3n) is 4.11. The molecule has 3 aromatic rings. The van der Waals surface area contributed by atoms with Crippen LogP contribution in [0.4, 0.5) is 10.2 Å². The van der Waals surface area contributed by atoms with Gasteiger partial charge in [-0.3, -0.25) is 0 Å². The molecule has 2 heterocycles. The van der Waals surface area contributed by atoms with Crippen molar-refractivity contribution < 1.29 is 9.13 Å². The molecule has 7 heteroatoms. The molecule has 0 bridgehead atoms. The van der Waals surface area contributed by atoms with Crippen LogP contribution < -0.4 is 5.32 Å². The zero-order valence-corrected chi connectivity index (χ0v) is 13.4. The van der Waals surface area contributed by atoms with E-state index >= 15 is 0 Å². The van der Waals surface area contributed by atoms with Crippen molar-refractivity contribution >= 4 is 11.5 Å². The van der Waals surface area contributed by atoms with Crippen LogP contribution in [0.25, 0.3) is 5.65 Å². The smallest absolute Gasteiger partial charge is 0.178 e. The fourth-order valence-corrected chi connectivity index (χ4v) is 2.69. The van der Waals surface area contributed by atoms with Gasteiger partial charge in [-0.05, 0) is 42.7 Å². The van der Waals surface area contributed by atoms with Crippen molar-refractivity contribution in [3.63, 3.8) is 0 Å². The Kier molecular flexibility index (Phi) is 3.86. The van der Waals surface area contributed by atoms with E-state index in [1.807, 2.05) is 12.1 Å². The van der Waals surface area contributed by atoms with Crippen LogP contribution in [0.5, 0.6) is 0 Å². The molecule has 0 aliphatic heterocycles. The van der Waals surface area contributed by atoms with Gasteiger partial charge in [-0.25, -0.2) is 4.39 Å². The van der Waals surface area contributed by atoms with Gasteiger partial charge in [0.1, 0.15) is 11.6 Å². The molecular formula is C17H18FN5O. The molecule has 2 aromatic heterocycles. The van der Waals surface area contributed by atoms with Gasteiger partial charge in [0.05, 0.1) is 6.61 Å². The Morgan fingerprint density at radius 1 is 1.25 bits per heavy atom. The summed E-state index contributed by atoms with van der Waals surface area (Å²) in [5.41, 5.74) is 2.28. The van der Waals surface area contributed by atoms with Gasteiger partial charge < -0.3 is 10.1 Å². The minimum atomic E-state index is -0.251. The second-order valence-corrected chi connectivity index (χ2v) is 6.03. The minimum Gasteiger partial charge on any atom is -0.380 e. The van der Waals surface area contributed by atoms with Gasteiger partial charge in [0, 0.05) is 25.1 Å². The van der Waals surface area contributed by atoms with Gasteiger partial charge in [-0.15, -0.1) is 15.3 Å². The molecule has 1 aliphatic carbocycles. The number of nitrogens with zero attached hydrogens (tertiary/aromatic N) is 4. The summed E-state index contributed by atoms with van der Waals surface area (Å²) in [5, 5.41) is 16.2. The second-order valence-electron chi connectivity index (χ2n) is 6.03. The lowest BCUT2D eigenvalue weighted by molar-refractivity contribution is 0.181. The Labute approximate surface area is 138 Å². The van der Waals surface area contributed by atoms with Crippen LogP contribution in [-0.4, -0.2) is 26.9 Å². The van der Waals surface area contributed by atoms with E-state index in [2.05, 4.69) is 20.6 Å². The molecule has 124 valence electrons. The molecule has 1 saturated carbocycles. The first-order chi connectivity index (χ1) is 11.7. The van der Waals surface area contributed by atoms with E-state index in [1.54, 1.807) is 23.8 Å². The number of anilines is 1. The Morgan fingerprint density at radius 3 is 2.92 bits per heavy atom. The summed E-state index contributed by atoms with van der Waals surface area (Å²) in [4.78, 5) is 0. The third kappa shape index (κ3) is 2.94. The highest BCUT2D eigenvalue weighted by Gasteiger charge is 2.29. The van der Waals surface area contributed by atoms with E-state index < -0.39 is 0 Å². The van der Waals surface area contributed by atoms with Crippen molar-refractivity contribution in [3.05, 3.63) is 53.1 Å². The molecule has 0 atom stereocenters. The van der Waals surface area contributed by atoms with E-state index in [1.165, 1.54) is 6.07 Å². The Bertz CT molecular complexity index is 875. The molecule has 6 nitrogen and oxygen atoms in total. The summed E-state index contributed by atoms with van der Waals surface area (Å²) in [6.07, 6.45) is 2.30. The van der Waals surface area contributed by atoms with Crippen molar-refractivity contribution in [2.45, 2.75) is 31.9 Å². The number of benzene rings is 1. The summed E-state index contributed by atoms with van der Waals surface area (Å²) in [7, 11) is 1.56. The maximum atomic E-state index is 13.7. The zero-order chi connectivity index (χ0) is 16.5. The van der Waals surface area contributed by atoms with Crippen LogP contribution in [0.15, 0.2) is 30.3 Å². The maximum Gasteiger partial charge on any atom is 0.178 e. The van der Waals surface area contributed by atoms with Crippen LogP contribution >= 0.6 is 0 Å². The number of hydrogen-bond donors (Lipinski definition) is 1. The zero-order valence-electron chi connectivity index (χ0n) is 13.4. The first kappa shape index (κ1) is 15.0. The summed E-state index contributed by atoms with van der Waals surface area (Å²) >= 11 is 0. The van der Waals surface area contributed by atoms with E-state index in [0.717, 1.165) is 35.7 Å². The monoisotopic (exact) mass is 327 g/mol. The highest BCUT2D eigenvalue weighted by molar-refractivity contribution is 5.45. The van der Waals surface area contributed by atoms with Crippen molar-refractivity contribution in [1.29, 1.82) is 0 Å². The highest BCUT2D eigenvalue weighted by atomic mass is 19.1. The normalized spacial score (nSPS) is 14.2. The van der Waals surface area contributed by atoms with E-state index in [-0.39, 0.29) is 12.4 Å². The van der Waals surface area contributed by atoms with Crippen molar-refractivity contribution in [2.24, 2.45) is 0 Å². The number of halogens is 1. The molecule has 0 unspecified atom stereocenters. The molecule has 1 aliphatic rings. The van der Waals surface area contributed by atoms with Crippen LogP contribution in [0.3, 0.4) is 0 Å². The van der Waals surface area contributed by atoms with Gasteiger partial charge in [0.15, 0.2) is 11.5 Å². The molecule has 1 fully saturated rings. The molecule has 0 amide bonds. The van der Waals surface area contributed by atoms with Gasteiger partial charge in [0.25, 0.3) is 0 Å². The molecule has 4 rings (SSSR count). The van der Waals surface area contributed by atoms with Gasteiger partial charge in [0.2, 0.25) is 0 Å². The first-order valence-corrected chi connectivity index (χ1v) is 7.97. The van der Waals surface area contributed by atoms with E-state index in [9.17, 15) is 4.39 Å². The lowest BCUT2D eigenvalue weighted by atomic mass is 10.1. The average molecular weight is 327 g/mol. The molecule has 0 spiro atoms. The minimum absolute atomic E-state index is 0.251. The number of rotatable bonds is 6. The summed E-state index contributed by atoms with van der Waals surface area (Å²) in [5.74, 6) is 1.90. The quantitative estimate of drug-likeness (QED) is 0.754. The molecule has 1 N–H and O–H groups in total. The van der Waals surface area contributed by atoms with Gasteiger partial charge in [-0.1, -0.05) is 6.07 Å². The van der Waals surface area contributed by atoms with Gasteiger partial charge >= 0.3 is 0 Å². The standard InChI is InChI=1S/C17H18FN5O/c1-24-10-13-8-11(2-5-14(13)18)9-19-15-6-7-16-20-21-17(12-3-4-12)23(16)22-15/h2,5-8,12H,3-4,9-10H2,1H3,(H,19,22). The average Bonchev–Trinajstić information content (AvgIpc) is 3.35. The number of aromatic nitrogens is 4. The molecule has 1 aromatic carbocycles. The van der Waals surface area contributed by atoms with Crippen LogP contribution in [-0.2, 0) is 17.9 Å². The Morgan fingerprint density at radius 2 is 2.12 bits per heavy atom. The van der Waals surface area contributed by atoms with Crippen molar-refractivity contribution in [2.75, 3.05) is 12.4 Å². The Hall–Kier alpha value is -2.54. The Balaban J connectivity index is 1.52. The molecule has 0 saturated heterocycles. The fraction of sp³-hybridized carbons (Fsp3) is 0.353. The third-order valence-corrected chi connectivity index (χ3v) is 4.11. The van der Waals surface area contributed by atoms with Crippen molar-refractivity contribution in [3.8, 4) is 0 Å². The topological polar surface area (TPSA) is 64.3 Å². The second kappa shape index (κ2) is 6.16. The maximum absolute atomic E-state index is 13.7. The lowest BCUT2D eigenvalue weighted by Gasteiger charge is -2.09.